The van der Waals surface area contributed by atoms with Crippen molar-refractivity contribution in [1.82, 2.24) is 9.97 Å². The number of aromatic nitrogens is 2. The van der Waals surface area contributed by atoms with Gasteiger partial charge in [-0.15, -0.1) is 0 Å². The molecule has 0 aliphatic heterocycles. The van der Waals surface area contributed by atoms with E-state index in [1.54, 1.807) is 18.2 Å². The number of nitrogens with zero attached hydrogens (tertiary/aromatic N) is 2. The second-order valence-electron chi connectivity index (χ2n) is 4.02. The third kappa shape index (κ3) is 2.48. The third-order valence-corrected chi connectivity index (χ3v) is 2.92. The fourth-order valence-corrected chi connectivity index (χ4v) is 2.02. The number of anilines is 2. The van der Waals surface area contributed by atoms with Crippen molar-refractivity contribution in [2.75, 3.05) is 5.32 Å². The maximum atomic E-state index is 13.1. The van der Waals surface area contributed by atoms with Crippen molar-refractivity contribution in [2.45, 2.75) is 0 Å². The molecule has 0 aliphatic rings. The smallest absolute Gasteiger partial charge is 0.141 e. The summed E-state index contributed by atoms with van der Waals surface area (Å²) in [7, 11) is 0. The molecule has 3 rings (SSSR count). The molecule has 1 heterocycles. The van der Waals surface area contributed by atoms with Crippen LogP contribution in [0.15, 0.2) is 48.8 Å². The lowest BCUT2D eigenvalue weighted by atomic mass is 10.2. The summed E-state index contributed by atoms with van der Waals surface area (Å²) in [5.41, 5.74) is 1.37. The lowest BCUT2D eigenvalue weighted by molar-refractivity contribution is 0.629. The number of nitrogens with one attached hydrogen (secondary N) is 1. The van der Waals surface area contributed by atoms with Crippen LogP contribution in [0, 0.1) is 5.82 Å². The monoisotopic (exact) mass is 273 g/mol. The van der Waals surface area contributed by atoms with E-state index < -0.39 is 0 Å². The zero-order valence-electron chi connectivity index (χ0n) is 9.77. The van der Waals surface area contributed by atoms with Crippen molar-refractivity contribution in [3.63, 3.8) is 0 Å². The SMILES string of the molecule is Fc1ccc2c(Nc3cccc(Cl)c3)ncnc2c1. The summed E-state index contributed by atoms with van der Waals surface area (Å²) in [6, 6.07) is 11.7. The Morgan fingerprint density at radius 3 is 2.79 bits per heavy atom. The molecule has 2 aromatic carbocycles. The highest BCUT2D eigenvalue weighted by Crippen LogP contribution is 2.24. The number of rotatable bonds is 2. The lowest BCUT2D eigenvalue weighted by Gasteiger charge is -2.08. The van der Waals surface area contributed by atoms with Gasteiger partial charge >= 0.3 is 0 Å². The quantitative estimate of drug-likeness (QED) is 0.762. The van der Waals surface area contributed by atoms with E-state index in [1.807, 2.05) is 12.1 Å². The highest BCUT2D eigenvalue weighted by molar-refractivity contribution is 6.30. The Morgan fingerprint density at radius 2 is 1.95 bits per heavy atom. The van der Waals surface area contributed by atoms with Crippen molar-refractivity contribution in [3.05, 3.63) is 59.6 Å². The van der Waals surface area contributed by atoms with E-state index in [0.29, 0.717) is 16.4 Å². The summed E-state index contributed by atoms with van der Waals surface area (Å²) in [6.07, 6.45) is 1.40. The highest BCUT2D eigenvalue weighted by atomic mass is 35.5. The predicted molar refractivity (Wildman–Crippen MR) is 74.2 cm³/mol. The molecule has 0 bridgehead atoms. The zero-order valence-corrected chi connectivity index (χ0v) is 10.5. The molecule has 0 radical (unpaired) electrons. The lowest BCUT2D eigenvalue weighted by Crippen LogP contribution is -1.96. The molecule has 19 heavy (non-hydrogen) atoms. The standard InChI is InChI=1S/C14H9ClFN3/c15-9-2-1-3-11(6-9)19-14-12-5-4-10(16)7-13(12)17-8-18-14/h1-8H,(H,17,18,19). The second-order valence-corrected chi connectivity index (χ2v) is 4.46. The third-order valence-electron chi connectivity index (χ3n) is 2.69. The maximum Gasteiger partial charge on any atom is 0.141 e. The van der Waals surface area contributed by atoms with Gasteiger partial charge < -0.3 is 5.32 Å². The normalized spacial score (nSPS) is 10.6. The van der Waals surface area contributed by atoms with Crippen LogP contribution in [0.3, 0.4) is 0 Å². The summed E-state index contributed by atoms with van der Waals surface area (Å²) in [5.74, 6) is 0.298. The number of hydrogen-bond acceptors (Lipinski definition) is 3. The summed E-state index contributed by atoms with van der Waals surface area (Å²) in [4.78, 5) is 8.22. The molecule has 3 nitrogen and oxygen atoms in total. The molecule has 94 valence electrons. The van der Waals surface area contributed by atoms with Crippen LogP contribution in [0.25, 0.3) is 10.9 Å². The number of hydrogen-bond donors (Lipinski definition) is 1. The first kappa shape index (κ1) is 11.9. The maximum absolute atomic E-state index is 13.1. The number of fused-ring (bicyclic) bond motifs is 1. The van der Waals surface area contributed by atoms with Crippen LogP contribution in [0.5, 0.6) is 0 Å². The first-order valence-electron chi connectivity index (χ1n) is 5.65. The van der Waals surface area contributed by atoms with Crippen molar-refractivity contribution >= 4 is 34.0 Å². The van der Waals surface area contributed by atoms with Crippen LogP contribution >= 0.6 is 11.6 Å². The fourth-order valence-electron chi connectivity index (χ4n) is 1.83. The van der Waals surface area contributed by atoms with Gasteiger partial charge in [0.25, 0.3) is 0 Å². The average Bonchev–Trinajstić information content (AvgIpc) is 2.38. The molecule has 0 saturated carbocycles. The van der Waals surface area contributed by atoms with Gasteiger partial charge in [0.1, 0.15) is 18.0 Å². The Hall–Kier alpha value is -2.20. The highest BCUT2D eigenvalue weighted by Gasteiger charge is 2.05. The van der Waals surface area contributed by atoms with Gasteiger partial charge in [-0.3, -0.25) is 0 Å². The minimum atomic E-state index is -0.320. The van der Waals surface area contributed by atoms with Crippen LogP contribution < -0.4 is 5.32 Å². The summed E-state index contributed by atoms with van der Waals surface area (Å²) in [5, 5.41) is 4.54. The molecular formula is C14H9ClFN3. The summed E-state index contributed by atoms with van der Waals surface area (Å²) in [6.45, 7) is 0. The Balaban J connectivity index is 2.06. The molecule has 1 N–H and O–H groups in total. The van der Waals surface area contributed by atoms with Crippen molar-refractivity contribution in [3.8, 4) is 0 Å². The predicted octanol–water partition coefficient (Wildman–Crippen LogP) is 4.17. The Kier molecular flexibility index (Phi) is 3.01. The molecule has 0 fully saturated rings. The molecule has 0 saturated heterocycles. The van der Waals surface area contributed by atoms with E-state index in [1.165, 1.54) is 18.5 Å². The topological polar surface area (TPSA) is 37.8 Å². The first-order valence-corrected chi connectivity index (χ1v) is 6.03. The van der Waals surface area contributed by atoms with E-state index in [9.17, 15) is 4.39 Å². The van der Waals surface area contributed by atoms with E-state index in [-0.39, 0.29) is 5.82 Å². The molecule has 0 aliphatic carbocycles. The second kappa shape index (κ2) is 4.82. The van der Waals surface area contributed by atoms with Gasteiger partial charge in [0, 0.05) is 22.2 Å². The van der Waals surface area contributed by atoms with Crippen LogP contribution in [-0.4, -0.2) is 9.97 Å². The van der Waals surface area contributed by atoms with Gasteiger partial charge in [-0.05, 0) is 30.3 Å². The molecule has 0 amide bonds. The summed E-state index contributed by atoms with van der Waals surface area (Å²) < 4.78 is 13.1. The van der Waals surface area contributed by atoms with Crippen LogP contribution in [0.4, 0.5) is 15.9 Å². The summed E-state index contributed by atoms with van der Waals surface area (Å²) >= 11 is 5.93. The van der Waals surface area contributed by atoms with Gasteiger partial charge in [-0.25, -0.2) is 14.4 Å². The Bertz CT molecular complexity index is 746. The van der Waals surface area contributed by atoms with Gasteiger partial charge in [0.2, 0.25) is 0 Å². The van der Waals surface area contributed by atoms with Crippen molar-refractivity contribution in [2.24, 2.45) is 0 Å². The Morgan fingerprint density at radius 1 is 1.05 bits per heavy atom. The molecule has 0 atom stereocenters. The van der Waals surface area contributed by atoms with E-state index in [2.05, 4.69) is 15.3 Å². The largest absolute Gasteiger partial charge is 0.340 e. The van der Waals surface area contributed by atoms with Crippen LogP contribution in [0.2, 0.25) is 5.02 Å². The van der Waals surface area contributed by atoms with Gasteiger partial charge in [0.05, 0.1) is 5.52 Å². The van der Waals surface area contributed by atoms with Gasteiger partial charge in [-0.1, -0.05) is 17.7 Å². The molecule has 0 unspecified atom stereocenters. The number of halogens is 2. The average molecular weight is 274 g/mol. The van der Waals surface area contributed by atoms with Gasteiger partial charge in [-0.2, -0.15) is 0 Å². The number of benzene rings is 2. The zero-order chi connectivity index (χ0) is 13.2. The molecule has 5 heteroatoms. The van der Waals surface area contributed by atoms with E-state index >= 15 is 0 Å². The van der Waals surface area contributed by atoms with Crippen LogP contribution in [-0.2, 0) is 0 Å². The van der Waals surface area contributed by atoms with E-state index in [4.69, 9.17) is 11.6 Å². The molecule has 0 spiro atoms. The Labute approximate surface area is 114 Å². The first-order chi connectivity index (χ1) is 9.22. The van der Waals surface area contributed by atoms with Crippen LogP contribution in [0.1, 0.15) is 0 Å². The van der Waals surface area contributed by atoms with E-state index in [0.717, 1.165) is 11.1 Å². The molecular weight excluding hydrogens is 265 g/mol. The van der Waals surface area contributed by atoms with Crippen molar-refractivity contribution in [1.29, 1.82) is 0 Å². The molecule has 3 aromatic rings. The van der Waals surface area contributed by atoms with Crippen molar-refractivity contribution < 1.29 is 4.39 Å². The van der Waals surface area contributed by atoms with Gasteiger partial charge in [0.15, 0.2) is 0 Å². The minimum Gasteiger partial charge on any atom is -0.340 e. The fraction of sp³-hybridized carbons (Fsp3) is 0. The minimum absolute atomic E-state index is 0.320. The molecule has 1 aromatic heterocycles.